The van der Waals surface area contributed by atoms with E-state index in [0.717, 1.165) is 5.56 Å². The van der Waals surface area contributed by atoms with Crippen LogP contribution in [-0.4, -0.2) is 22.5 Å². The zero-order chi connectivity index (χ0) is 18.2. The topological polar surface area (TPSA) is 101 Å². The number of hydrogen-bond donors (Lipinski definition) is 2. The summed E-state index contributed by atoms with van der Waals surface area (Å²) in [6, 6.07) is 13.1. The molecule has 2 aromatic carbocycles. The number of nitrogens with zero attached hydrogens (tertiary/aromatic N) is 1. The van der Waals surface area contributed by atoms with Gasteiger partial charge in [0.1, 0.15) is 0 Å². The minimum Gasteiger partial charge on any atom is -0.272 e. The molecule has 7 nitrogen and oxygen atoms in total. The number of carbonyl (C=O) groups excluding carboxylic acids is 2. The van der Waals surface area contributed by atoms with Gasteiger partial charge in [-0.3, -0.25) is 30.6 Å². The lowest BCUT2D eigenvalue weighted by Gasteiger charge is -2.08. The van der Waals surface area contributed by atoms with Crippen molar-refractivity contribution in [3.63, 3.8) is 0 Å². The average Bonchev–Trinajstić information content (AvgIpc) is 2.61. The van der Waals surface area contributed by atoms with Gasteiger partial charge in [0.25, 0.3) is 11.6 Å². The molecule has 130 valence electrons. The third-order valence-corrected chi connectivity index (χ3v) is 4.39. The number of non-ortho nitro benzene ring substituents is 1. The van der Waals surface area contributed by atoms with Gasteiger partial charge in [-0.15, -0.1) is 11.8 Å². The predicted octanol–water partition coefficient (Wildman–Crippen LogP) is 2.60. The molecule has 0 aliphatic heterocycles. The van der Waals surface area contributed by atoms with E-state index in [1.54, 1.807) is 0 Å². The summed E-state index contributed by atoms with van der Waals surface area (Å²) in [5, 5.41) is 10.6. The number of aryl methyl sites for hydroxylation is 1. The molecular formula is C17H17N3O4S. The van der Waals surface area contributed by atoms with E-state index in [1.165, 1.54) is 41.6 Å². The van der Waals surface area contributed by atoms with Crippen LogP contribution in [-0.2, 0) is 10.5 Å². The van der Waals surface area contributed by atoms with E-state index in [9.17, 15) is 19.7 Å². The second kappa shape index (κ2) is 8.84. The molecule has 0 atom stereocenters. The first-order valence-electron chi connectivity index (χ1n) is 7.43. The molecule has 25 heavy (non-hydrogen) atoms. The molecule has 2 amide bonds. The van der Waals surface area contributed by atoms with Gasteiger partial charge in [0.05, 0.1) is 10.7 Å². The first-order valence-corrected chi connectivity index (χ1v) is 8.58. The number of rotatable bonds is 6. The van der Waals surface area contributed by atoms with Crippen molar-refractivity contribution in [1.29, 1.82) is 0 Å². The van der Waals surface area contributed by atoms with Gasteiger partial charge in [-0.05, 0) is 30.2 Å². The standard InChI is InChI=1S/C17H17N3O4S/c1-12-4-2-3-5-14(12)10-25-11-16(21)18-19-17(22)13-6-8-15(9-7-13)20(23)24/h2-9H,10-11H2,1H3,(H,18,21)(H,19,22). The van der Waals surface area contributed by atoms with Crippen molar-refractivity contribution < 1.29 is 14.5 Å². The van der Waals surface area contributed by atoms with Crippen LogP contribution < -0.4 is 10.9 Å². The summed E-state index contributed by atoms with van der Waals surface area (Å²) in [6.45, 7) is 2.01. The highest BCUT2D eigenvalue weighted by atomic mass is 32.2. The summed E-state index contributed by atoms with van der Waals surface area (Å²) < 4.78 is 0. The number of benzene rings is 2. The maximum atomic E-state index is 11.9. The molecule has 0 saturated heterocycles. The van der Waals surface area contributed by atoms with Gasteiger partial charge in [0, 0.05) is 23.4 Å². The number of hydrogen-bond acceptors (Lipinski definition) is 5. The van der Waals surface area contributed by atoms with E-state index in [4.69, 9.17) is 0 Å². The lowest BCUT2D eigenvalue weighted by Crippen LogP contribution is -2.42. The summed E-state index contributed by atoms with van der Waals surface area (Å²) in [4.78, 5) is 33.6. The van der Waals surface area contributed by atoms with Crippen molar-refractivity contribution in [1.82, 2.24) is 10.9 Å². The van der Waals surface area contributed by atoms with Gasteiger partial charge in [-0.25, -0.2) is 0 Å². The number of amides is 2. The molecule has 0 unspecified atom stereocenters. The smallest absolute Gasteiger partial charge is 0.269 e. The van der Waals surface area contributed by atoms with E-state index in [0.29, 0.717) is 5.75 Å². The van der Waals surface area contributed by atoms with Crippen LogP contribution in [0.1, 0.15) is 21.5 Å². The molecule has 0 aliphatic rings. The summed E-state index contributed by atoms with van der Waals surface area (Å²) in [5.74, 6) is 0.0478. The largest absolute Gasteiger partial charge is 0.272 e. The third-order valence-electron chi connectivity index (χ3n) is 3.41. The van der Waals surface area contributed by atoms with Crippen LogP contribution >= 0.6 is 11.8 Å². The molecule has 8 heteroatoms. The summed E-state index contributed by atoms with van der Waals surface area (Å²) in [7, 11) is 0. The van der Waals surface area contributed by atoms with Crippen molar-refractivity contribution in [2.45, 2.75) is 12.7 Å². The molecule has 2 N–H and O–H groups in total. The van der Waals surface area contributed by atoms with Crippen LogP contribution in [0.2, 0.25) is 0 Å². The maximum Gasteiger partial charge on any atom is 0.269 e. The van der Waals surface area contributed by atoms with Gasteiger partial charge in [-0.1, -0.05) is 24.3 Å². The Morgan fingerprint density at radius 1 is 1.08 bits per heavy atom. The maximum absolute atomic E-state index is 11.9. The normalized spacial score (nSPS) is 10.1. The highest BCUT2D eigenvalue weighted by molar-refractivity contribution is 7.99. The molecule has 0 bridgehead atoms. The third kappa shape index (κ3) is 5.61. The van der Waals surface area contributed by atoms with Crippen molar-refractivity contribution in [2.24, 2.45) is 0 Å². The van der Waals surface area contributed by atoms with Crippen LogP contribution in [0.25, 0.3) is 0 Å². The van der Waals surface area contributed by atoms with Gasteiger partial charge in [0.2, 0.25) is 5.91 Å². The highest BCUT2D eigenvalue weighted by Crippen LogP contribution is 2.15. The Hall–Kier alpha value is -2.87. The minimum atomic E-state index is -0.546. The summed E-state index contributed by atoms with van der Waals surface area (Å²) >= 11 is 1.44. The van der Waals surface area contributed by atoms with E-state index in [1.807, 2.05) is 31.2 Å². The molecule has 0 saturated carbocycles. The highest BCUT2D eigenvalue weighted by Gasteiger charge is 2.10. The van der Waals surface area contributed by atoms with Crippen molar-refractivity contribution in [2.75, 3.05) is 5.75 Å². The van der Waals surface area contributed by atoms with Crippen molar-refractivity contribution in [3.05, 3.63) is 75.3 Å². The Morgan fingerprint density at radius 3 is 2.40 bits per heavy atom. The first kappa shape index (κ1) is 18.5. The fourth-order valence-corrected chi connectivity index (χ4v) is 2.90. The van der Waals surface area contributed by atoms with Crippen LogP contribution in [0.4, 0.5) is 5.69 Å². The molecule has 2 aromatic rings. The lowest BCUT2D eigenvalue weighted by atomic mass is 10.1. The Labute approximate surface area is 148 Å². The van der Waals surface area contributed by atoms with E-state index in [-0.39, 0.29) is 22.9 Å². The van der Waals surface area contributed by atoms with Crippen LogP contribution in [0.15, 0.2) is 48.5 Å². The fraction of sp³-hybridized carbons (Fsp3) is 0.176. The Kier molecular flexibility index (Phi) is 6.53. The summed E-state index contributed by atoms with van der Waals surface area (Å²) in [5.41, 5.74) is 7.06. The second-order valence-electron chi connectivity index (χ2n) is 5.23. The van der Waals surface area contributed by atoms with Gasteiger partial charge in [-0.2, -0.15) is 0 Å². The predicted molar refractivity (Wildman–Crippen MR) is 96.0 cm³/mol. The fourth-order valence-electron chi connectivity index (χ4n) is 1.99. The number of nitro benzene ring substituents is 1. The van der Waals surface area contributed by atoms with Crippen LogP contribution in [0, 0.1) is 17.0 Å². The molecular weight excluding hydrogens is 342 g/mol. The molecule has 0 fully saturated rings. The minimum absolute atomic E-state index is 0.104. The number of hydrazine groups is 1. The molecule has 2 rings (SSSR count). The monoisotopic (exact) mass is 359 g/mol. The van der Waals surface area contributed by atoms with Gasteiger partial charge in [0.15, 0.2) is 0 Å². The van der Waals surface area contributed by atoms with Crippen LogP contribution in [0.3, 0.4) is 0 Å². The zero-order valence-corrected chi connectivity index (χ0v) is 14.3. The average molecular weight is 359 g/mol. The van der Waals surface area contributed by atoms with E-state index < -0.39 is 10.8 Å². The van der Waals surface area contributed by atoms with Crippen molar-refractivity contribution >= 4 is 29.3 Å². The molecule has 0 heterocycles. The van der Waals surface area contributed by atoms with Gasteiger partial charge >= 0.3 is 0 Å². The molecule has 0 radical (unpaired) electrons. The van der Waals surface area contributed by atoms with E-state index >= 15 is 0 Å². The van der Waals surface area contributed by atoms with Crippen LogP contribution in [0.5, 0.6) is 0 Å². The number of nitrogens with one attached hydrogen (secondary N) is 2. The Balaban J connectivity index is 1.74. The molecule has 0 spiro atoms. The molecule has 0 aromatic heterocycles. The first-order chi connectivity index (χ1) is 12.0. The zero-order valence-electron chi connectivity index (χ0n) is 13.5. The second-order valence-corrected chi connectivity index (χ2v) is 6.21. The number of carbonyl (C=O) groups is 2. The van der Waals surface area contributed by atoms with E-state index in [2.05, 4.69) is 10.9 Å². The number of nitro groups is 1. The number of thioether (sulfide) groups is 1. The SMILES string of the molecule is Cc1ccccc1CSCC(=O)NNC(=O)c1ccc([N+](=O)[O-])cc1. The lowest BCUT2D eigenvalue weighted by molar-refractivity contribution is -0.384. The summed E-state index contributed by atoms with van der Waals surface area (Å²) in [6.07, 6.45) is 0. The van der Waals surface area contributed by atoms with Gasteiger partial charge < -0.3 is 0 Å². The van der Waals surface area contributed by atoms with Crippen molar-refractivity contribution in [3.8, 4) is 0 Å². The quantitative estimate of drug-likeness (QED) is 0.610. The Bertz CT molecular complexity index is 778. The molecule has 0 aliphatic carbocycles. The Morgan fingerprint density at radius 2 is 1.76 bits per heavy atom.